The molecular weight excluding hydrogens is 507 g/mol. The van der Waals surface area contributed by atoms with E-state index in [0.29, 0.717) is 5.02 Å². The number of aromatic nitrogens is 2. The monoisotopic (exact) mass is 528 g/mol. The van der Waals surface area contributed by atoms with Crippen LogP contribution in [0.15, 0.2) is 90.1 Å². The molecule has 0 spiro atoms. The molecule has 1 N–H and O–H groups in total. The first-order chi connectivity index (χ1) is 16.8. The van der Waals surface area contributed by atoms with Crippen LogP contribution in [0, 0.1) is 6.92 Å². The van der Waals surface area contributed by atoms with Crippen LogP contribution in [0.5, 0.6) is 0 Å². The number of carbonyl (C=O) groups excluding carboxylic acids is 1. The quantitative estimate of drug-likeness (QED) is 0.348. The first-order valence-electron chi connectivity index (χ1n) is 10.6. The molecule has 10 heteroatoms. The van der Waals surface area contributed by atoms with E-state index in [1.54, 1.807) is 24.4 Å². The molecular formula is C25H22Cl2N4O3S. The lowest BCUT2D eigenvalue weighted by Crippen LogP contribution is -2.41. The molecule has 0 saturated heterocycles. The first kappa shape index (κ1) is 24.8. The lowest BCUT2D eigenvalue weighted by Gasteiger charge is -2.25. The number of benzene rings is 3. The van der Waals surface area contributed by atoms with Gasteiger partial charge in [0.1, 0.15) is 12.4 Å². The van der Waals surface area contributed by atoms with Gasteiger partial charge in [0.2, 0.25) is 5.91 Å². The average Bonchev–Trinajstić information content (AvgIpc) is 3.28. The number of imidazole rings is 1. The van der Waals surface area contributed by atoms with Crippen molar-refractivity contribution in [3.8, 4) is 5.69 Å². The predicted molar refractivity (Wildman–Crippen MR) is 138 cm³/mol. The summed E-state index contributed by atoms with van der Waals surface area (Å²) in [6, 6.07) is 19.9. The summed E-state index contributed by atoms with van der Waals surface area (Å²) in [6.45, 7) is 1.61. The predicted octanol–water partition coefficient (Wildman–Crippen LogP) is 5.00. The molecule has 1 heterocycles. The van der Waals surface area contributed by atoms with Crippen LogP contribution in [0.2, 0.25) is 10.0 Å². The zero-order valence-electron chi connectivity index (χ0n) is 18.7. The minimum atomic E-state index is -4.08. The van der Waals surface area contributed by atoms with Gasteiger partial charge >= 0.3 is 0 Å². The molecule has 0 bridgehead atoms. The SMILES string of the molecule is Cc1nccn1-c1ccccc1CNC(=O)CN(c1ccc(Cl)cc1Cl)S(=O)(=O)c1ccccc1. The molecule has 0 aliphatic rings. The summed E-state index contributed by atoms with van der Waals surface area (Å²) in [7, 11) is -4.08. The molecule has 0 unspecified atom stereocenters. The van der Waals surface area contributed by atoms with E-state index in [0.717, 1.165) is 21.4 Å². The summed E-state index contributed by atoms with van der Waals surface area (Å²) in [5.41, 5.74) is 1.88. The van der Waals surface area contributed by atoms with Gasteiger partial charge in [-0.3, -0.25) is 9.10 Å². The number of rotatable bonds is 8. The third kappa shape index (κ3) is 5.51. The zero-order chi connectivity index (χ0) is 25.0. The Labute approximate surface area is 214 Å². The Balaban J connectivity index is 1.60. The van der Waals surface area contributed by atoms with Crippen molar-refractivity contribution >= 4 is 44.8 Å². The molecule has 180 valence electrons. The highest BCUT2D eigenvalue weighted by Crippen LogP contribution is 2.32. The molecule has 0 radical (unpaired) electrons. The van der Waals surface area contributed by atoms with Crippen molar-refractivity contribution in [3.63, 3.8) is 0 Å². The van der Waals surface area contributed by atoms with Crippen molar-refractivity contribution in [1.82, 2.24) is 14.9 Å². The molecule has 35 heavy (non-hydrogen) atoms. The Kier molecular flexibility index (Phi) is 7.45. The summed E-state index contributed by atoms with van der Waals surface area (Å²) in [5, 5.41) is 3.30. The van der Waals surface area contributed by atoms with Crippen LogP contribution in [0.4, 0.5) is 5.69 Å². The fourth-order valence-electron chi connectivity index (χ4n) is 3.61. The van der Waals surface area contributed by atoms with E-state index in [1.165, 1.54) is 30.3 Å². The number of sulfonamides is 1. The van der Waals surface area contributed by atoms with Gasteiger partial charge in [0, 0.05) is 24.0 Å². The van der Waals surface area contributed by atoms with Gasteiger partial charge in [-0.25, -0.2) is 13.4 Å². The Morgan fingerprint density at radius 3 is 2.43 bits per heavy atom. The van der Waals surface area contributed by atoms with Crippen LogP contribution in [-0.4, -0.2) is 30.4 Å². The van der Waals surface area contributed by atoms with Gasteiger partial charge in [-0.1, -0.05) is 59.6 Å². The second-order valence-electron chi connectivity index (χ2n) is 7.67. The largest absolute Gasteiger partial charge is 0.350 e. The van der Waals surface area contributed by atoms with Gasteiger partial charge < -0.3 is 9.88 Å². The van der Waals surface area contributed by atoms with Crippen LogP contribution >= 0.6 is 23.2 Å². The first-order valence-corrected chi connectivity index (χ1v) is 12.8. The molecule has 0 fully saturated rings. The van der Waals surface area contributed by atoms with E-state index in [9.17, 15) is 13.2 Å². The van der Waals surface area contributed by atoms with Gasteiger partial charge in [-0.05, 0) is 48.9 Å². The molecule has 0 atom stereocenters. The number of halogens is 2. The summed E-state index contributed by atoms with van der Waals surface area (Å²) in [4.78, 5) is 17.3. The zero-order valence-corrected chi connectivity index (χ0v) is 21.1. The number of anilines is 1. The summed E-state index contributed by atoms with van der Waals surface area (Å²) >= 11 is 12.3. The van der Waals surface area contributed by atoms with Crippen molar-refractivity contribution in [2.24, 2.45) is 0 Å². The van der Waals surface area contributed by atoms with Crippen LogP contribution < -0.4 is 9.62 Å². The Hall–Kier alpha value is -3.33. The van der Waals surface area contributed by atoms with Crippen molar-refractivity contribution in [2.75, 3.05) is 10.8 Å². The van der Waals surface area contributed by atoms with E-state index in [-0.39, 0.29) is 22.2 Å². The van der Waals surface area contributed by atoms with Gasteiger partial charge in [0.05, 0.1) is 21.3 Å². The normalized spacial score (nSPS) is 11.3. The smallest absolute Gasteiger partial charge is 0.264 e. The highest BCUT2D eigenvalue weighted by Gasteiger charge is 2.28. The van der Waals surface area contributed by atoms with E-state index >= 15 is 0 Å². The van der Waals surface area contributed by atoms with Crippen LogP contribution in [0.3, 0.4) is 0 Å². The number of nitrogens with zero attached hydrogens (tertiary/aromatic N) is 3. The standard InChI is InChI=1S/C25H22Cl2N4O3S/c1-18-28-13-14-30(18)23-10-6-5-7-19(23)16-29-25(32)17-31(24-12-11-20(26)15-22(24)27)35(33,34)21-8-3-2-4-9-21/h2-15H,16-17H2,1H3,(H,29,32). The Morgan fingerprint density at radius 1 is 1.03 bits per heavy atom. The molecule has 0 saturated carbocycles. The fourth-order valence-corrected chi connectivity index (χ4v) is 5.63. The van der Waals surface area contributed by atoms with Crippen molar-refractivity contribution in [2.45, 2.75) is 18.4 Å². The number of amides is 1. The maximum atomic E-state index is 13.5. The van der Waals surface area contributed by atoms with Crippen LogP contribution in [-0.2, 0) is 21.4 Å². The maximum absolute atomic E-state index is 13.5. The Bertz CT molecular complexity index is 1460. The number of hydrogen-bond acceptors (Lipinski definition) is 4. The average molecular weight is 529 g/mol. The van der Waals surface area contributed by atoms with Gasteiger partial charge in [-0.15, -0.1) is 0 Å². The second kappa shape index (κ2) is 10.5. The lowest BCUT2D eigenvalue weighted by atomic mass is 10.1. The molecule has 4 rings (SSSR count). The van der Waals surface area contributed by atoms with E-state index in [4.69, 9.17) is 23.2 Å². The fraction of sp³-hybridized carbons (Fsp3) is 0.120. The molecule has 1 aromatic heterocycles. The minimum absolute atomic E-state index is 0.0414. The molecule has 1 amide bonds. The van der Waals surface area contributed by atoms with Crippen LogP contribution in [0.1, 0.15) is 11.4 Å². The maximum Gasteiger partial charge on any atom is 0.264 e. The highest BCUT2D eigenvalue weighted by molar-refractivity contribution is 7.92. The van der Waals surface area contributed by atoms with E-state index < -0.39 is 22.5 Å². The number of hydrogen-bond donors (Lipinski definition) is 1. The lowest BCUT2D eigenvalue weighted by molar-refractivity contribution is -0.119. The minimum Gasteiger partial charge on any atom is -0.350 e. The Morgan fingerprint density at radius 2 is 1.74 bits per heavy atom. The number of para-hydroxylation sites is 1. The molecule has 0 aliphatic heterocycles. The third-order valence-corrected chi connectivity index (χ3v) is 7.66. The number of nitrogens with one attached hydrogen (secondary N) is 1. The van der Waals surface area contributed by atoms with Crippen molar-refractivity contribution < 1.29 is 13.2 Å². The molecule has 7 nitrogen and oxygen atoms in total. The summed E-state index contributed by atoms with van der Waals surface area (Å²) < 4.78 is 29.8. The second-order valence-corrected chi connectivity index (χ2v) is 10.4. The molecule has 3 aromatic carbocycles. The number of carbonyl (C=O) groups is 1. The van der Waals surface area contributed by atoms with Crippen molar-refractivity contribution in [3.05, 3.63) is 107 Å². The van der Waals surface area contributed by atoms with E-state index in [1.807, 2.05) is 42.0 Å². The topological polar surface area (TPSA) is 84.3 Å². The third-order valence-electron chi connectivity index (χ3n) is 5.35. The van der Waals surface area contributed by atoms with E-state index in [2.05, 4.69) is 10.3 Å². The summed E-state index contributed by atoms with van der Waals surface area (Å²) in [6.07, 6.45) is 3.54. The highest BCUT2D eigenvalue weighted by atomic mass is 35.5. The van der Waals surface area contributed by atoms with Crippen molar-refractivity contribution in [1.29, 1.82) is 0 Å². The van der Waals surface area contributed by atoms with Gasteiger partial charge in [0.25, 0.3) is 10.0 Å². The van der Waals surface area contributed by atoms with Gasteiger partial charge in [0.15, 0.2) is 0 Å². The number of aryl methyl sites for hydroxylation is 1. The van der Waals surface area contributed by atoms with Crippen LogP contribution in [0.25, 0.3) is 5.69 Å². The molecule has 0 aliphatic carbocycles. The van der Waals surface area contributed by atoms with Gasteiger partial charge in [-0.2, -0.15) is 0 Å². The molecule has 4 aromatic rings. The summed E-state index contributed by atoms with van der Waals surface area (Å²) in [5.74, 6) is 0.314.